The summed E-state index contributed by atoms with van der Waals surface area (Å²) in [4.78, 5) is 22.3. The van der Waals surface area contributed by atoms with Crippen molar-refractivity contribution in [2.24, 2.45) is 5.92 Å². The number of aliphatic carboxylic acids is 1. The molecule has 1 atom stereocenters. The third kappa shape index (κ3) is 5.85. The van der Waals surface area contributed by atoms with Crippen LogP contribution < -0.4 is 10.6 Å². The van der Waals surface area contributed by atoms with E-state index in [1.54, 1.807) is 0 Å². The Labute approximate surface area is 125 Å². The van der Waals surface area contributed by atoms with Crippen molar-refractivity contribution in [2.45, 2.75) is 39.7 Å². The van der Waals surface area contributed by atoms with Gasteiger partial charge in [-0.25, -0.2) is 4.79 Å². The van der Waals surface area contributed by atoms with E-state index in [-0.39, 0.29) is 24.4 Å². The van der Waals surface area contributed by atoms with E-state index in [0.29, 0.717) is 13.0 Å². The number of carboxylic acid groups (broad SMARTS) is 1. The maximum atomic E-state index is 11.9. The minimum atomic E-state index is -0.850. The van der Waals surface area contributed by atoms with E-state index in [0.717, 1.165) is 11.1 Å². The molecule has 0 fully saturated rings. The normalized spacial score (nSPS) is 12.0. The summed E-state index contributed by atoms with van der Waals surface area (Å²) in [6, 6.07) is 7.65. The van der Waals surface area contributed by atoms with Crippen LogP contribution in [0.25, 0.3) is 0 Å². The van der Waals surface area contributed by atoms with Gasteiger partial charge in [0, 0.05) is 13.0 Å². The van der Waals surface area contributed by atoms with Gasteiger partial charge in [-0.3, -0.25) is 4.79 Å². The zero-order valence-corrected chi connectivity index (χ0v) is 12.8. The number of hydrogen-bond donors (Lipinski definition) is 3. The van der Waals surface area contributed by atoms with Gasteiger partial charge in [-0.15, -0.1) is 0 Å². The number of urea groups is 1. The first-order valence-corrected chi connectivity index (χ1v) is 7.23. The van der Waals surface area contributed by atoms with Gasteiger partial charge >= 0.3 is 12.0 Å². The lowest BCUT2D eigenvalue weighted by atomic mass is 9.93. The monoisotopic (exact) mass is 292 g/mol. The van der Waals surface area contributed by atoms with Gasteiger partial charge in [0.05, 0.1) is 6.04 Å². The molecule has 0 aromatic heterocycles. The van der Waals surface area contributed by atoms with Crippen molar-refractivity contribution in [3.8, 4) is 0 Å². The third-order valence-corrected chi connectivity index (χ3v) is 3.33. The molecule has 3 N–H and O–H groups in total. The zero-order chi connectivity index (χ0) is 15.8. The summed E-state index contributed by atoms with van der Waals surface area (Å²) >= 11 is 0. The topological polar surface area (TPSA) is 78.4 Å². The van der Waals surface area contributed by atoms with Crippen LogP contribution in [0.5, 0.6) is 0 Å². The molecule has 5 nitrogen and oxygen atoms in total. The van der Waals surface area contributed by atoms with Crippen molar-refractivity contribution in [3.05, 3.63) is 35.4 Å². The lowest BCUT2D eigenvalue weighted by molar-refractivity contribution is -0.137. The highest BCUT2D eigenvalue weighted by atomic mass is 16.4. The van der Waals surface area contributed by atoms with E-state index in [2.05, 4.69) is 24.5 Å². The molecule has 0 bridgehead atoms. The van der Waals surface area contributed by atoms with Gasteiger partial charge in [0.15, 0.2) is 0 Å². The molecule has 0 spiro atoms. The Hall–Kier alpha value is -2.04. The van der Waals surface area contributed by atoms with Crippen LogP contribution in [0, 0.1) is 12.8 Å². The number of carbonyl (C=O) groups excluding carboxylic acids is 1. The minimum Gasteiger partial charge on any atom is -0.481 e. The van der Waals surface area contributed by atoms with Gasteiger partial charge in [0.1, 0.15) is 0 Å². The molecule has 21 heavy (non-hydrogen) atoms. The summed E-state index contributed by atoms with van der Waals surface area (Å²) in [6.07, 6.45) is 0.491. The Kier molecular flexibility index (Phi) is 6.72. The SMILES string of the molecule is Cc1ccccc1C(NC(=O)NCCCC(=O)O)C(C)C. The van der Waals surface area contributed by atoms with Crippen LogP contribution in [0.15, 0.2) is 24.3 Å². The largest absolute Gasteiger partial charge is 0.481 e. The standard InChI is InChI=1S/C16H24N2O3/c1-11(2)15(13-8-5-4-7-12(13)3)18-16(21)17-10-6-9-14(19)20/h4-5,7-8,11,15H,6,9-10H2,1-3H3,(H,19,20)(H2,17,18,21). The van der Waals surface area contributed by atoms with Crippen molar-refractivity contribution in [3.63, 3.8) is 0 Å². The molecule has 1 aromatic rings. The molecule has 5 heteroatoms. The van der Waals surface area contributed by atoms with Crippen molar-refractivity contribution in [1.29, 1.82) is 0 Å². The molecule has 0 saturated carbocycles. The second-order valence-corrected chi connectivity index (χ2v) is 5.48. The molecule has 2 amide bonds. The maximum absolute atomic E-state index is 11.9. The van der Waals surface area contributed by atoms with Gasteiger partial charge in [-0.1, -0.05) is 38.1 Å². The van der Waals surface area contributed by atoms with Crippen molar-refractivity contribution in [1.82, 2.24) is 10.6 Å². The average molecular weight is 292 g/mol. The summed E-state index contributed by atoms with van der Waals surface area (Å²) in [5.41, 5.74) is 2.25. The van der Waals surface area contributed by atoms with Gasteiger partial charge in [0.2, 0.25) is 0 Å². The molecular formula is C16H24N2O3. The lowest BCUT2D eigenvalue weighted by Gasteiger charge is -2.24. The number of nitrogens with one attached hydrogen (secondary N) is 2. The zero-order valence-electron chi connectivity index (χ0n) is 12.8. The van der Waals surface area contributed by atoms with Gasteiger partial charge in [0.25, 0.3) is 0 Å². The van der Waals surface area contributed by atoms with E-state index in [1.807, 2.05) is 31.2 Å². The highest BCUT2D eigenvalue weighted by molar-refractivity contribution is 5.74. The Morgan fingerprint density at radius 3 is 2.48 bits per heavy atom. The predicted octanol–water partition coefficient (Wildman–Crippen LogP) is 2.86. The molecule has 0 aliphatic rings. The minimum absolute atomic E-state index is 0.0612. The smallest absolute Gasteiger partial charge is 0.315 e. The predicted molar refractivity (Wildman–Crippen MR) is 82.2 cm³/mol. The fourth-order valence-electron chi connectivity index (χ4n) is 2.17. The Morgan fingerprint density at radius 1 is 1.24 bits per heavy atom. The number of benzene rings is 1. The molecule has 0 aliphatic heterocycles. The molecule has 1 rings (SSSR count). The molecular weight excluding hydrogens is 268 g/mol. The molecule has 0 aliphatic carbocycles. The summed E-state index contributed by atoms with van der Waals surface area (Å²) in [7, 11) is 0. The quantitative estimate of drug-likeness (QED) is 0.676. The first-order valence-electron chi connectivity index (χ1n) is 7.23. The van der Waals surface area contributed by atoms with Crippen LogP contribution in [0.2, 0.25) is 0 Å². The first-order chi connectivity index (χ1) is 9.91. The Bertz CT molecular complexity index is 486. The van der Waals surface area contributed by atoms with Crippen LogP contribution in [-0.2, 0) is 4.79 Å². The molecule has 0 radical (unpaired) electrons. The Balaban J connectivity index is 2.57. The van der Waals surface area contributed by atoms with E-state index in [1.165, 1.54) is 0 Å². The van der Waals surface area contributed by atoms with Crippen LogP contribution in [0.4, 0.5) is 4.79 Å². The maximum Gasteiger partial charge on any atom is 0.315 e. The summed E-state index contributed by atoms with van der Waals surface area (Å²) in [5, 5.41) is 14.2. The fraction of sp³-hybridized carbons (Fsp3) is 0.500. The number of hydrogen-bond acceptors (Lipinski definition) is 2. The number of rotatable bonds is 7. The van der Waals surface area contributed by atoms with E-state index in [4.69, 9.17) is 5.11 Å². The van der Waals surface area contributed by atoms with Crippen LogP contribution >= 0.6 is 0 Å². The van der Waals surface area contributed by atoms with Crippen LogP contribution in [-0.4, -0.2) is 23.7 Å². The van der Waals surface area contributed by atoms with Crippen molar-refractivity contribution in [2.75, 3.05) is 6.54 Å². The number of aryl methyl sites for hydroxylation is 1. The highest BCUT2D eigenvalue weighted by Gasteiger charge is 2.19. The molecule has 1 unspecified atom stereocenters. The number of carboxylic acids is 1. The fourth-order valence-corrected chi connectivity index (χ4v) is 2.17. The second-order valence-electron chi connectivity index (χ2n) is 5.48. The molecule has 116 valence electrons. The van der Waals surface area contributed by atoms with Crippen LogP contribution in [0.3, 0.4) is 0 Å². The van der Waals surface area contributed by atoms with Gasteiger partial charge in [-0.2, -0.15) is 0 Å². The van der Waals surface area contributed by atoms with E-state index < -0.39 is 5.97 Å². The second kappa shape index (κ2) is 8.29. The molecule has 0 heterocycles. The van der Waals surface area contributed by atoms with Crippen molar-refractivity contribution < 1.29 is 14.7 Å². The molecule has 1 aromatic carbocycles. The number of amides is 2. The first kappa shape index (κ1) is 17.0. The Morgan fingerprint density at radius 2 is 1.90 bits per heavy atom. The lowest BCUT2D eigenvalue weighted by Crippen LogP contribution is -2.40. The summed E-state index contributed by atoms with van der Waals surface area (Å²) in [5.74, 6) is -0.590. The van der Waals surface area contributed by atoms with E-state index in [9.17, 15) is 9.59 Å². The van der Waals surface area contributed by atoms with Gasteiger partial charge < -0.3 is 15.7 Å². The van der Waals surface area contributed by atoms with Crippen LogP contribution in [0.1, 0.15) is 43.9 Å². The summed E-state index contributed by atoms with van der Waals surface area (Å²) in [6.45, 7) is 6.50. The highest BCUT2D eigenvalue weighted by Crippen LogP contribution is 2.24. The number of carbonyl (C=O) groups is 2. The average Bonchev–Trinajstić information content (AvgIpc) is 2.41. The molecule has 0 saturated heterocycles. The summed E-state index contributed by atoms with van der Waals surface area (Å²) < 4.78 is 0. The van der Waals surface area contributed by atoms with Crippen molar-refractivity contribution >= 4 is 12.0 Å². The third-order valence-electron chi connectivity index (χ3n) is 3.33. The van der Waals surface area contributed by atoms with Gasteiger partial charge in [-0.05, 0) is 30.4 Å². The van der Waals surface area contributed by atoms with E-state index >= 15 is 0 Å².